The van der Waals surface area contributed by atoms with E-state index in [4.69, 9.17) is 0 Å². The van der Waals surface area contributed by atoms with Crippen molar-refractivity contribution in [1.29, 1.82) is 0 Å². The Morgan fingerprint density at radius 2 is 1.71 bits per heavy atom. The highest BCUT2D eigenvalue weighted by atomic mass is 32.2. The molecule has 0 aliphatic carbocycles. The van der Waals surface area contributed by atoms with Crippen molar-refractivity contribution in [1.82, 2.24) is 9.80 Å². The SMILES string of the molecule is CCCN1CC=C[C@@H]2S[C@]34C=CCN(c5ccc6ccccc6c5)C(=O)C3N(CCCCCCO)C(=O)[C@@H]4[C@@H]2C1=O. The smallest absolute Gasteiger partial charge is 0.251 e. The van der Waals surface area contributed by atoms with Crippen molar-refractivity contribution in [3.05, 3.63) is 66.8 Å². The fourth-order valence-electron chi connectivity index (χ4n) is 7.22. The quantitative estimate of drug-likeness (QED) is 0.355. The Morgan fingerprint density at radius 3 is 2.51 bits per heavy atom. The molecule has 2 aromatic rings. The first-order valence-electron chi connectivity index (χ1n) is 15.0. The molecule has 41 heavy (non-hydrogen) atoms. The lowest BCUT2D eigenvalue weighted by molar-refractivity contribution is -0.142. The van der Waals surface area contributed by atoms with Gasteiger partial charge in [0, 0.05) is 43.7 Å². The first-order valence-corrected chi connectivity index (χ1v) is 15.9. The van der Waals surface area contributed by atoms with Gasteiger partial charge in [-0.1, -0.05) is 74.4 Å². The third kappa shape index (κ3) is 4.79. The van der Waals surface area contributed by atoms with Crippen LogP contribution >= 0.6 is 11.8 Å². The normalized spacial score (nSPS) is 29.1. The fourth-order valence-corrected chi connectivity index (χ4v) is 9.23. The second-order valence-corrected chi connectivity index (χ2v) is 13.1. The maximum absolute atomic E-state index is 14.6. The molecule has 6 rings (SSSR count). The van der Waals surface area contributed by atoms with Crippen LogP contribution in [-0.4, -0.2) is 81.5 Å². The van der Waals surface area contributed by atoms with Crippen LogP contribution in [0.1, 0.15) is 39.0 Å². The standard InChI is InChI=1S/C33H39N3O4S/c1-2-17-34-18-9-13-26-27(30(34)38)28-31(39)36(19-7-3-4-8-21-37)29-32(40)35(20-10-16-33(28,29)41-26)25-15-14-23-11-5-6-12-24(23)22-25/h5-6,9-16,22,26-29,37H,2-4,7-8,17-21H2,1H3/t26-,27+,28-,29?,33-/m0/s1. The number of carbonyl (C=O) groups is 3. The highest BCUT2D eigenvalue weighted by molar-refractivity contribution is 8.02. The van der Waals surface area contributed by atoms with Crippen molar-refractivity contribution >= 4 is 45.9 Å². The lowest BCUT2D eigenvalue weighted by atomic mass is 9.78. The molecule has 4 aliphatic heterocycles. The predicted octanol–water partition coefficient (Wildman–Crippen LogP) is 4.40. The molecular formula is C33H39N3O4S. The van der Waals surface area contributed by atoms with Gasteiger partial charge in [-0.05, 0) is 42.2 Å². The number of hydrogen-bond acceptors (Lipinski definition) is 5. The van der Waals surface area contributed by atoms with Gasteiger partial charge in [0.15, 0.2) is 0 Å². The summed E-state index contributed by atoms with van der Waals surface area (Å²) < 4.78 is -0.796. The summed E-state index contributed by atoms with van der Waals surface area (Å²) in [4.78, 5) is 48.5. The number of anilines is 1. The molecule has 2 saturated heterocycles. The molecule has 1 unspecified atom stereocenters. The number of aliphatic hydroxyl groups excluding tert-OH is 1. The van der Waals surface area contributed by atoms with Gasteiger partial charge >= 0.3 is 0 Å². The monoisotopic (exact) mass is 573 g/mol. The van der Waals surface area contributed by atoms with Crippen molar-refractivity contribution in [3.8, 4) is 0 Å². The van der Waals surface area contributed by atoms with Gasteiger partial charge in [-0.25, -0.2) is 0 Å². The number of nitrogens with zero attached hydrogens (tertiary/aromatic N) is 3. The highest BCUT2D eigenvalue weighted by Gasteiger charge is 2.70. The third-order valence-electron chi connectivity index (χ3n) is 9.09. The van der Waals surface area contributed by atoms with Crippen molar-refractivity contribution in [2.24, 2.45) is 11.8 Å². The highest BCUT2D eigenvalue weighted by Crippen LogP contribution is 2.61. The van der Waals surface area contributed by atoms with E-state index in [1.54, 1.807) is 16.7 Å². The summed E-state index contributed by atoms with van der Waals surface area (Å²) in [7, 11) is 0. The molecule has 4 aliphatic rings. The number of benzene rings is 2. The average molecular weight is 574 g/mol. The van der Waals surface area contributed by atoms with E-state index in [0.717, 1.165) is 48.6 Å². The van der Waals surface area contributed by atoms with E-state index < -0.39 is 22.6 Å². The molecule has 0 saturated carbocycles. The van der Waals surface area contributed by atoms with E-state index in [1.807, 2.05) is 52.3 Å². The molecule has 216 valence electrons. The maximum atomic E-state index is 14.6. The van der Waals surface area contributed by atoms with Crippen LogP contribution in [0.3, 0.4) is 0 Å². The molecule has 0 aromatic heterocycles. The van der Waals surface area contributed by atoms with Crippen molar-refractivity contribution < 1.29 is 19.5 Å². The van der Waals surface area contributed by atoms with Gasteiger partial charge in [-0.3, -0.25) is 14.4 Å². The fraction of sp³-hybridized carbons (Fsp3) is 0.485. The summed E-state index contributed by atoms with van der Waals surface area (Å²) >= 11 is 1.64. The van der Waals surface area contributed by atoms with E-state index in [2.05, 4.69) is 31.2 Å². The minimum absolute atomic E-state index is 0.0320. The van der Waals surface area contributed by atoms with Crippen molar-refractivity contribution in [2.75, 3.05) is 37.7 Å². The first-order chi connectivity index (χ1) is 20.0. The number of thioether (sulfide) groups is 1. The van der Waals surface area contributed by atoms with E-state index in [9.17, 15) is 19.5 Å². The molecule has 8 heteroatoms. The summed E-state index contributed by atoms with van der Waals surface area (Å²) in [6.07, 6.45) is 12.4. The molecule has 0 bridgehead atoms. The second kappa shape index (κ2) is 11.6. The predicted molar refractivity (Wildman–Crippen MR) is 164 cm³/mol. The topological polar surface area (TPSA) is 81.2 Å². The minimum Gasteiger partial charge on any atom is -0.396 e. The number of likely N-dealkylation sites (tertiary alicyclic amines) is 1. The van der Waals surface area contributed by atoms with Gasteiger partial charge < -0.3 is 19.8 Å². The number of hydrogen-bond donors (Lipinski definition) is 1. The van der Waals surface area contributed by atoms with Crippen LogP contribution < -0.4 is 4.90 Å². The summed E-state index contributed by atoms with van der Waals surface area (Å²) in [5.74, 6) is -1.18. The average Bonchev–Trinajstić information content (AvgIpc) is 3.29. The molecule has 2 fully saturated rings. The summed E-state index contributed by atoms with van der Waals surface area (Å²) in [5.41, 5.74) is 0.816. The van der Waals surface area contributed by atoms with Crippen LogP contribution in [-0.2, 0) is 14.4 Å². The van der Waals surface area contributed by atoms with Crippen LogP contribution in [0, 0.1) is 11.8 Å². The zero-order chi connectivity index (χ0) is 28.6. The molecule has 5 atom stereocenters. The summed E-state index contributed by atoms with van der Waals surface area (Å²) in [6.45, 7) is 4.34. The molecular weight excluding hydrogens is 534 g/mol. The van der Waals surface area contributed by atoms with E-state index >= 15 is 0 Å². The van der Waals surface area contributed by atoms with E-state index in [0.29, 0.717) is 26.2 Å². The molecule has 1 spiro atoms. The Hall–Kier alpha value is -3.10. The largest absolute Gasteiger partial charge is 0.396 e. The number of aliphatic hydroxyl groups is 1. The zero-order valence-electron chi connectivity index (χ0n) is 23.7. The Bertz CT molecular complexity index is 1390. The summed E-state index contributed by atoms with van der Waals surface area (Å²) in [5, 5.41) is 11.2. The number of fused-ring (bicyclic) bond motifs is 3. The van der Waals surface area contributed by atoms with Crippen molar-refractivity contribution in [2.45, 2.75) is 55.1 Å². The molecule has 7 nitrogen and oxygen atoms in total. The van der Waals surface area contributed by atoms with Crippen LogP contribution in [0.4, 0.5) is 5.69 Å². The minimum atomic E-state index is -0.796. The maximum Gasteiger partial charge on any atom is 0.251 e. The Morgan fingerprint density at radius 1 is 0.902 bits per heavy atom. The van der Waals surface area contributed by atoms with Crippen molar-refractivity contribution in [3.63, 3.8) is 0 Å². The lowest BCUT2D eigenvalue weighted by Gasteiger charge is -2.35. The molecule has 2 aromatic carbocycles. The van der Waals surface area contributed by atoms with Crippen LogP contribution in [0.25, 0.3) is 10.8 Å². The number of unbranched alkanes of at least 4 members (excludes halogenated alkanes) is 3. The van der Waals surface area contributed by atoms with Gasteiger partial charge in [0.2, 0.25) is 11.8 Å². The third-order valence-corrected chi connectivity index (χ3v) is 10.8. The van der Waals surface area contributed by atoms with Crippen LogP contribution in [0.5, 0.6) is 0 Å². The molecule has 0 radical (unpaired) electrons. The molecule has 1 N–H and O–H groups in total. The van der Waals surface area contributed by atoms with Gasteiger partial charge in [0.1, 0.15) is 6.04 Å². The number of amides is 3. The van der Waals surface area contributed by atoms with Gasteiger partial charge in [-0.2, -0.15) is 0 Å². The molecule has 3 amide bonds. The Labute approximate surface area is 246 Å². The first kappa shape index (κ1) is 28.0. The van der Waals surface area contributed by atoms with Crippen LogP contribution in [0.15, 0.2) is 66.8 Å². The molecule has 4 heterocycles. The lowest BCUT2D eigenvalue weighted by Crippen LogP contribution is -2.53. The second-order valence-electron chi connectivity index (χ2n) is 11.6. The van der Waals surface area contributed by atoms with Crippen LogP contribution in [0.2, 0.25) is 0 Å². The number of carbonyl (C=O) groups excluding carboxylic acids is 3. The van der Waals surface area contributed by atoms with E-state index in [1.165, 1.54) is 0 Å². The van der Waals surface area contributed by atoms with Gasteiger partial charge in [0.05, 0.1) is 16.6 Å². The summed E-state index contributed by atoms with van der Waals surface area (Å²) in [6, 6.07) is 13.5. The van der Waals surface area contributed by atoms with E-state index in [-0.39, 0.29) is 29.6 Å². The van der Waals surface area contributed by atoms with Gasteiger partial charge in [0.25, 0.3) is 5.91 Å². The zero-order valence-corrected chi connectivity index (χ0v) is 24.5. The Balaban J connectivity index is 1.39. The number of rotatable bonds is 9. The van der Waals surface area contributed by atoms with Gasteiger partial charge in [-0.15, -0.1) is 11.8 Å². The Kier molecular flexibility index (Phi) is 7.97.